The maximum absolute atomic E-state index is 13.0. The number of anilines is 1. The number of ether oxygens (including phenoxy) is 2. The Morgan fingerprint density at radius 1 is 1.38 bits per heavy atom. The molecule has 0 aromatic heterocycles. The average molecular weight is 327 g/mol. The Morgan fingerprint density at radius 3 is 2.83 bits per heavy atom. The number of hydrogen-bond donors (Lipinski definition) is 0. The molecule has 24 heavy (non-hydrogen) atoms. The van der Waals surface area contributed by atoms with Crippen molar-refractivity contribution in [2.45, 2.75) is 32.0 Å². The fraction of sp³-hybridized carbons (Fsp3) is 0.474. The molecule has 4 rings (SSSR count). The van der Waals surface area contributed by atoms with Crippen molar-refractivity contribution in [1.29, 1.82) is 0 Å². The number of aryl methyl sites for hydroxylation is 1. The Labute approximate surface area is 141 Å². The van der Waals surface area contributed by atoms with Gasteiger partial charge in [-0.1, -0.05) is 36.8 Å². The Kier molecular flexibility index (Phi) is 3.49. The van der Waals surface area contributed by atoms with Crippen molar-refractivity contribution in [3.8, 4) is 0 Å². The summed E-state index contributed by atoms with van der Waals surface area (Å²) in [6.45, 7) is 4.79. The van der Waals surface area contributed by atoms with Gasteiger partial charge in [-0.25, -0.2) is 0 Å². The molecule has 5 heteroatoms. The molecule has 1 aromatic carbocycles. The number of hydrogen-bond acceptors (Lipinski definition) is 4. The first-order chi connectivity index (χ1) is 11.6. The maximum Gasteiger partial charge on any atom is 0.312 e. The van der Waals surface area contributed by atoms with Crippen LogP contribution in [0.2, 0.25) is 0 Å². The highest BCUT2D eigenvalue weighted by atomic mass is 16.6. The SMILES string of the molecule is CCCOC(=O)[C@@H]1[C@@H]2C=C[C@@]3(CN(c4ccc(C)cc4)C(=O)[C@H]13)O2. The molecule has 5 nitrogen and oxygen atoms in total. The Hall–Kier alpha value is -2.14. The lowest BCUT2D eigenvalue weighted by Gasteiger charge is -2.22. The molecular formula is C19H21NO4. The molecule has 2 saturated heterocycles. The minimum atomic E-state index is -0.692. The van der Waals surface area contributed by atoms with E-state index in [2.05, 4.69) is 0 Å². The highest BCUT2D eigenvalue weighted by molar-refractivity contribution is 6.02. The molecule has 1 aromatic rings. The Bertz CT molecular complexity index is 711. The van der Waals surface area contributed by atoms with Crippen LogP contribution in [-0.2, 0) is 19.1 Å². The van der Waals surface area contributed by atoms with Crippen LogP contribution in [0.4, 0.5) is 5.69 Å². The van der Waals surface area contributed by atoms with Crippen LogP contribution in [0.1, 0.15) is 18.9 Å². The standard InChI is InChI=1S/C19H21NO4/c1-3-10-23-18(22)15-14-8-9-19(24-14)11-20(17(21)16(15)19)13-6-4-12(2)5-7-13/h4-9,14-16H,3,10-11H2,1-2H3/t14-,15+,16-,19-/m0/s1. The highest BCUT2D eigenvalue weighted by Crippen LogP contribution is 2.52. The molecule has 2 fully saturated rings. The molecule has 0 unspecified atom stereocenters. The topological polar surface area (TPSA) is 55.8 Å². The van der Waals surface area contributed by atoms with Crippen molar-refractivity contribution < 1.29 is 19.1 Å². The van der Waals surface area contributed by atoms with E-state index in [1.165, 1.54) is 0 Å². The fourth-order valence-electron chi connectivity index (χ4n) is 4.01. The molecule has 0 aliphatic carbocycles. The van der Waals surface area contributed by atoms with Crippen LogP contribution < -0.4 is 4.90 Å². The van der Waals surface area contributed by atoms with Crippen molar-refractivity contribution in [2.75, 3.05) is 18.1 Å². The van der Waals surface area contributed by atoms with E-state index in [0.717, 1.165) is 17.7 Å². The Balaban J connectivity index is 1.64. The summed E-state index contributed by atoms with van der Waals surface area (Å²) in [6.07, 6.45) is 4.28. The summed E-state index contributed by atoms with van der Waals surface area (Å²) in [6, 6.07) is 7.84. The summed E-state index contributed by atoms with van der Waals surface area (Å²) in [5.74, 6) is -1.40. The number of fused-ring (bicyclic) bond motifs is 1. The van der Waals surface area contributed by atoms with Gasteiger partial charge < -0.3 is 14.4 Å². The van der Waals surface area contributed by atoms with Gasteiger partial charge in [-0.15, -0.1) is 0 Å². The summed E-state index contributed by atoms with van der Waals surface area (Å²) in [7, 11) is 0. The molecule has 4 atom stereocenters. The number of rotatable bonds is 4. The van der Waals surface area contributed by atoms with Crippen molar-refractivity contribution in [3.05, 3.63) is 42.0 Å². The number of carbonyl (C=O) groups is 2. The summed E-state index contributed by atoms with van der Waals surface area (Å²) in [4.78, 5) is 27.2. The molecule has 0 N–H and O–H groups in total. The first-order valence-electron chi connectivity index (χ1n) is 8.47. The summed E-state index contributed by atoms with van der Waals surface area (Å²) < 4.78 is 11.4. The molecule has 3 aliphatic heterocycles. The van der Waals surface area contributed by atoms with E-state index >= 15 is 0 Å². The molecule has 1 amide bonds. The summed E-state index contributed by atoms with van der Waals surface area (Å²) in [5.41, 5.74) is 1.29. The van der Waals surface area contributed by atoms with E-state index in [-0.39, 0.29) is 18.0 Å². The van der Waals surface area contributed by atoms with Gasteiger partial charge in [0.05, 0.1) is 25.2 Å². The van der Waals surface area contributed by atoms with Gasteiger partial charge in [-0.3, -0.25) is 9.59 Å². The lowest BCUT2D eigenvalue weighted by atomic mass is 9.77. The van der Waals surface area contributed by atoms with Gasteiger partial charge in [0.15, 0.2) is 0 Å². The zero-order chi connectivity index (χ0) is 16.9. The van der Waals surface area contributed by atoms with E-state index in [4.69, 9.17) is 9.47 Å². The lowest BCUT2D eigenvalue weighted by Crippen LogP contribution is -2.40. The zero-order valence-electron chi connectivity index (χ0n) is 13.9. The molecule has 2 bridgehead atoms. The smallest absolute Gasteiger partial charge is 0.312 e. The van der Waals surface area contributed by atoms with Gasteiger partial charge in [0.25, 0.3) is 0 Å². The van der Waals surface area contributed by atoms with Gasteiger partial charge in [-0.2, -0.15) is 0 Å². The number of amides is 1. The van der Waals surface area contributed by atoms with Crippen molar-refractivity contribution in [2.24, 2.45) is 11.8 Å². The van der Waals surface area contributed by atoms with E-state index in [0.29, 0.717) is 13.2 Å². The van der Waals surface area contributed by atoms with Crippen LogP contribution in [0.15, 0.2) is 36.4 Å². The third kappa shape index (κ3) is 2.11. The average Bonchev–Trinajstić information content (AvgIpc) is 3.22. The minimum Gasteiger partial charge on any atom is -0.465 e. The van der Waals surface area contributed by atoms with Crippen LogP contribution in [0.5, 0.6) is 0 Å². The quantitative estimate of drug-likeness (QED) is 0.629. The van der Waals surface area contributed by atoms with Gasteiger partial charge in [0, 0.05) is 5.69 Å². The van der Waals surface area contributed by atoms with Gasteiger partial charge in [-0.05, 0) is 25.5 Å². The van der Waals surface area contributed by atoms with Crippen molar-refractivity contribution in [3.63, 3.8) is 0 Å². The Morgan fingerprint density at radius 2 is 2.12 bits per heavy atom. The molecule has 0 saturated carbocycles. The van der Waals surface area contributed by atoms with E-state index in [1.54, 1.807) is 4.90 Å². The lowest BCUT2D eigenvalue weighted by molar-refractivity contribution is -0.152. The number of carbonyl (C=O) groups excluding carboxylic acids is 2. The predicted octanol–water partition coefficient (Wildman–Crippen LogP) is 2.23. The second-order valence-electron chi connectivity index (χ2n) is 6.83. The van der Waals surface area contributed by atoms with Crippen molar-refractivity contribution >= 4 is 17.6 Å². The number of benzene rings is 1. The second-order valence-corrected chi connectivity index (χ2v) is 6.83. The normalized spacial score (nSPS) is 33.2. The fourth-order valence-corrected chi connectivity index (χ4v) is 4.01. The first-order valence-corrected chi connectivity index (χ1v) is 8.47. The predicted molar refractivity (Wildman–Crippen MR) is 88.5 cm³/mol. The van der Waals surface area contributed by atoms with Crippen molar-refractivity contribution in [1.82, 2.24) is 0 Å². The van der Waals surface area contributed by atoms with Gasteiger partial charge in [0.2, 0.25) is 5.91 Å². The number of esters is 1. The molecule has 126 valence electrons. The summed E-state index contributed by atoms with van der Waals surface area (Å²) >= 11 is 0. The van der Waals surface area contributed by atoms with Crippen LogP contribution >= 0.6 is 0 Å². The number of nitrogens with zero attached hydrogens (tertiary/aromatic N) is 1. The van der Waals surface area contributed by atoms with Crippen LogP contribution in [0, 0.1) is 18.8 Å². The summed E-state index contributed by atoms with van der Waals surface area (Å²) in [5, 5.41) is 0. The van der Waals surface area contributed by atoms with E-state index in [9.17, 15) is 9.59 Å². The van der Waals surface area contributed by atoms with E-state index in [1.807, 2.05) is 50.3 Å². The molecule has 3 heterocycles. The largest absolute Gasteiger partial charge is 0.465 e. The minimum absolute atomic E-state index is 0.0517. The van der Waals surface area contributed by atoms with Crippen LogP contribution in [0.25, 0.3) is 0 Å². The van der Waals surface area contributed by atoms with Gasteiger partial charge >= 0.3 is 5.97 Å². The first kappa shape index (κ1) is 15.4. The highest BCUT2D eigenvalue weighted by Gasteiger charge is 2.67. The molecular weight excluding hydrogens is 306 g/mol. The molecule has 0 radical (unpaired) electrons. The van der Waals surface area contributed by atoms with Crippen LogP contribution in [0.3, 0.4) is 0 Å². The van der Waals surface area contributed by atoms with E-state index < -0.39 is 17.4 Å². The second kappa shape index (κ2) is 5.45. The third-order valence-corrected chi connectivity index (χ3v) is 5.17. The zero-order valence-corrected chi connectivity index (χ0v) is 13.9. The van der Waals surface area contributed by atoms with Crippen LogP contribution in [-0.4, -0.2) is 36.7 Å². The monoisotopic (exact) mass is 327 g/mol. The maximum atomic E-state index is 13.0. The molecule has 1 spiro atoms. The molecule has 3 aliphatic rings. The van der Waals surface area contributed by atoms with Gasteiger partial charge in [0.1, 0.15) is 11.5 Å². The third-order valence-electron chi connectivity index (χ3n) is 5.17.